The molecule has 2 aromatic rings. The predicted octanol–water partition coefficient (Wildman–Crippen LogP) is 2.57. The highest BCUT2D eigenvalue weighted by molar-refractivity contribution is 6.28. The lowest BCUT2D eigenvalue weighted by Crippen LogP contribution is -2.12. The highest BCUT2D eigenvalue weighted by Crippen LogP contribution is 2.31. The largest absolute Gasteiger partial charge is 0.382 e. The molecule has 1 saturated carbocycles. The maximum Gasteiger partial charge on any atom is 0.226 e. The number of fused-ring (bicyclic) bond motifs is 1. The average molecular weight is 252 g/mol. The summed E-state index contributed by atoms with van der Waals surface area (Å²) < 4.78 is 2.10. The monoisotopic (exact) mass is 251 g/mol. The molecule has 1 aliphatic carbocycles. The van der Waals surface area contributed by atoms with E-state index in [-0.39, 0.29) is 5.28 Å². The van der Waals surface area contributed by atoms with Crippen LogP contribution in [-0.4, -0.2) is 19.5 Å². The van der Waals surface area contributed by atoms with Gasteiger partial charge in [0.05, 0.1) is 6.33 Å². The number of rotatable bonds is 1. The molecular weight excluding hydrogens is 238 g/mol. The van der Waals surface area contributed by atoms with Crippen LogP contribution in [0.3, 0.4) is 0 Å². The smallest absolute Gasteiger partial charge is 0.226 e. The SMILES string of the molecule is Nc1nc(Cl)nc2c1ncn2C1CCCCC1. The van der Waals surface area contributed by atoms with Crippen LogP contribution in [0, 0.1) is 0 Å². The van der Waals surface area contributed by atoms with Crippen molar-refractivity contribution in [3.05, 3.63) is 11.6 Å². The zero-order valence-electron chi connectivity index (χ0n) is 9.43. The summed E-state index contributed by atoms with van der Waals surface area (Å²) in [5, 5.41) is 0.188. The Balaban J connectivity index is 2.10. The Morgan fingerprint density at radius 1 is 1.24 bits per heavy atom. The van der Waals surface area contributed by atoms with Gasteiger partial charge in [-0.3, -0.25) is 0 Å². The van der Waals surface area contributed by atoms with E-state index in [1.807, 2.05) is 6.33 Å². The number of nitrogen functional groups attached to an aromatic ring is 1. The van der Waals surface area contributed by atoms with E-state index in [9.17, 15) is 0 Å². The summed E-state index contributed by atoms with van der Waals surface area (Å²) in [6.45, 7) is 0. The quantitative estimate of drug-likeness (QED) is 0.791. The van der Waals surface area contributed by atoms with Crippen LogP contribution in [-0.2, 0) is 0 Å². The first kappa shape index (κ1) is 10.8. The van der Waals surface area contributed by atoms with Crippen molar-refractivity contribution in [3.8, 4) is 0 Å². The van der Waals surface area contributed by atoms with Gasteiger partial charge >= 0.3 is 0 Å². The predicted molar refractivity (Wildman–Crippen MR) is 66.9 cm³/mol. The summed E-state index contributed by atoms with van der Waals surface area (Å²) in [6.07, 6.45) is 8.00. The van der Waals surface area contributed by atoms with Gasteiger partial charge in [-0.15, -0.1) is 0 Å². The number of imidazole rings is 1. The van der Waals surface area contributed by atoms with E-state index in [0.717, 1.165) is 5.65 Å². The van der Waals surface area contributed by atoms with Crippen LogP contribution >= 0.6 is 11.6 Å². The van der Waals surface area contributed by atoms with Crippen molar-refractivity contribution in [2.24, 2.45) is 0 Å². The lowest BCUT2D eigenvalue weighted by atomic mass is 9.95. The average Bonchev–Trinajstić information content (AvgIpc) is 2.74. The first-order valence-corrected chi connectivity index (χ1v) is 6.29. The summed E-state index contributed by atoms with van der Waals surface area (Å²) in [5.41, 5.74) is 7.20. The molecule has 5 nitrogen and oxygen atoms in total. The van der Waals surface area contributed by atoms with Crippen molar-refractivity contribution in [1.29, 1.82) is 0 Å². The highest BCUT2D eigenvalue weighted by atomic mass is 35.5. The number of hydrogen-bond acceptors (Lipinski definition) is 4. The third-order valence-corrected chi connectivity index (χ3v) is 3.56. The van der Waals surface area contributed by atoms with E-state index in [0.29, 0.717) is 17.4 Å². The highest BCUT2D eigenvalue weighted by Gasteiger charge is 2.19. The molecule has 0 unspecified atom stereocenters. The van der Waals surface area contributed by atoms with Crippen LogP contribution in [0.1, 0.15) is 38.1 Å². The molecule has 0 spiro atoms. The molecule has 6 heteroatoms. The Bertz CT molecular complexity index is 544. The van der Waals surface area contributed by atoms with Crippen molar-refractivity contribution in [1.82, 2.24) is 19.5 Å². The Labute approximate surface area is 104 Å². The van der Waals surface area contributed by atoms with Crippen LogP contribution in [0.15, 0.2) is 6.33 Å². The van der Waals surface area contributed by atoms with Crippen molar-refractivity contribution in [2.45, 2.75) is 38.1 Å². The van der Waals surface area contributed by atoms with Crippen LogP contribution in [0.2, 0.25) is 5.28 Å². The van der Waals surface area contributed by atoms with Gasteiger partial charge in [-0.25, -0.2) is 4.98 Å². The molecule has 0 saturated heterocycles. The topological polar surface area (TPSA) is 69.6 Å². The van der Waals surface area contributed by atoms with E-state index < -0.39 is 0 Å². The molecule has 17 heavy (non-hydrogen) atoms. The van der Waals surface area contributed by atoms with Gasteiger partial charge in [0, 0.05) is 6.04 Å². The molecule has 2 aromatic heterocycles. The fourth-order valence-corrected chi connectivity index (χ4v) is 2.71. The fraction of sp³-hybridized carbons (Fsp3) is 0.545. The maximum atomic E-state index is 5.85. The number of nitrogens with two attached hydrogens (primary N) is 1. The number of nitrogens with zero attached hydrogens (tertiary/aromatic N) is 4. The van der Waals surface area contributed by atoms with Gasteiger partial charge < -0.3 is 10.3 Å². The Morgan fingerprint density at radius 2 is 2.00 bits per heavy atom. The summed E-state index contributed by atoms with van der Waals surface area (Å²) in [6, 6.07) is 0.471. The second kappa shape index (κ2) is 4.14. The molecule has 0 bridgehead atoms. The summed E-state index contributed by atoms with van der Waals surface area (Å²) >= 11 is 5.85. The molecule has 2 heterocycles. The molecule has 2 N–H and O–H groups in total. The molecule has 0 radical (unpaired) electrons. The van der Waals surface area contributed by atoms with Crippen LogP contribution in [0.25, 0.3) is 11.2 Å². The lowest BCUT2D eigenvalue weighted by molar-refractivity contribution is 0.358. The molecule has 1 fully saturated rings. The van der Waals surface area contributed by atoms with Gasteiger partial charge in [-0.05, 0) is 24.4 Å². The minimum Gasteiger partial charge on any atom is -0.382 e. The lowest BCUT2D eigenvalue weighted by Gasteiger charge is -2.23. The van der Waals surface area contributed by atoms with Crippen molar-refractivity contribution < 1.29 is 0 Å². The summed E-state index contributed by atoms with van der Waals surface area (Å²) in [5.74, 6) is 0.356. The van der Waals surface area contributed by atoms with Gasteiger partial charge in [0.25, 0.3) is 0 Å². The van der Waals surface area contributed by atoms with Crippen LogP contribution in [0.4, 0.5) is 5.82 Å². The van der Waals surface area contributed by atoms with E-state index in [4.69, 9.17) is 17.3 Å². The van der Waals surface area contributed by atoms with Gasteiger partial charge in [0.1, 0.15) is 5.52 Å². The first-order chi connectivity index (χ1) is 8.25. The molecule has 3 rings (SSSR count). The molecule has 1 aliphatic rings. The number of halogens is 1. The number of hydrogen-bond donors (Lipinski definition) is 1. The number of aromatic nitrogens is 4. The zero-order valence-corrected chi connectivity index (χ0v) is 10.2. The number of anilines is 1. The van der Waals surface area contributed by atoms with Gasteiger partial charge in [0.15, 0.2) is 11.5 Å². The molecule has 0 atom stereocenters. The molecule has 0 amide bonds. The maximum absolute atomic E-state index is 5.85. The second-order valence-electron chi connectivity index (χ2n) is 4.49. The summed E-state index contributed by atoms with van der Waals surface area (Å²) in [7, 11) is 0. The van der Waals surface area contributed by atoms with E-state index in [2.05, 4.69) is 19.5 Å². The van der Waals surface area contributed by atoms with Crippen LogP contribution in [0.5, 0.6) is 0 Å². The van der Waals surface area contributed by atoms with E-state index >= 15 is 0 Å². The Hall–Kier alpha value is -1.36. The Morgan fingerprint density at radius 3 is 2.76 bits per heavy atom. The summed E-state index contributed by atoms with van der Waals surface area (Å²) in [4.78, 5) is 12.5. The molecule has 90 valence electrons. The molecule has 0 aliphatic heterocycles. The van der Waals surface area contributed by atoms with E-state index in [1.165, 1.54) is 32.1 Å². The van der Waals surface area contributed by atoms with E-state index in [1.54, 1.807) is 0 Å². The van der Waals surface area contributed by atoms with Gasteiger partial charge in [-0.2, -0.15) is 9.97 Å². The minimum absolute atomic E-state index is 0.188. The standard InChI is InChI=1S/C11H14ClN5/c12-11-15-9(13)8-10(16-11)17(6-14-8)7-4-2-1-3-5-7/h6-7H,1-5H2,(H2,13,15,16). The van der Waals surface area contributed by atoms with Gasteiger partial charge in [-0.1, -0.05) is 19.3 Å². The Kier molecular flexibility index (Phi) is 2.63. The third-order valence-electron chi connectivity index (χ3n) is 3.39. The first-order valence-electron chi connectivity index (χ1n) is 5.91. The second-order valence-corrected chi connectivity index (χ2v) is 4.83. The fourth-order valence-electron chi connectivity index (χ4n) is 2.54. The van der Waals surface area contributed by atoms with Crippen molar-refractivity contribution in [2.75, 3.05) is 5.73 Å². The van der Waals surface area contributed by atoms with Crippen LogP contribution < -0.4 is 5.73 Å². The van der Waals surface area contributed by atoms with Crippen molar-refractivity contribution in [3.63, 3.8) is 0 Å². The third kappa shape index (κ3) is 1.84. The molecular formula is C11H14ClN5. The molecule has 0 aromatic carbocycles. The minimum atomic E-state index is 0.188. The van der Waals surface area contributed by atoms with Crippen molar-refractivity contribution >= 4 is 28.6 Å². The van der Waals surface area contributed by atoms with Gasteiger partial charge in [0.2, 0.25) is 5.28 Å². The normalized spacial score (nSPS) is 17.7. The zero-order chi connectivity index (χ0) is 11.8.